The number of anilines is 1. The molecule has 2 rings (SSSR count). The molecule has 28 heavy (non-hydrogen) atoms. The van der Waals surface area contributed by atoms with Crippen LogP contribution in [0.15, 0.2) is 41.3 Å². The van der Waals surface area contributed by atoms with E-state index in [0.717, 1.165) is 24.5 Å². The Labute approximate surface area is 162 Å². The van der Waals surface area contributed by atoms with Crippen molar-refractivity contribution >= 4 is 27.1 Å². The quantitative estimate of drug-likeness (QED) is 0.526. The Morgan fingerprint density at radius 1 is 1.11 bits per heavy atom. The molecule has 0 atom stereocenters. The van der Waals surface area contributed by atoms with Gasteiger partial charge in [-0.15, -0.1) is 0 Å². The molecule has 2 aromatic carbocycles. The third kappa shape index (κ3) is 5.19. The molecule has 0 aliphatic rings. The van der Waals surface area contributed by atoms with Gasteiger partial charge in [-0.2, -0.15) is 0 Å². The second kappa shape index (κ2) is 8.70. The lowest BCUT2D eigenvalue weighted by Gasteiger charge is -2.14. The van der Waals surface area contributed by atoms with E-state index in [1.54, 1.807) is 25.1 Å². The Morgan fingerprint density at radius 2 is 1.79 bits per heavy atom. The summed E-state index contributed by atoms with van der Waals surface area (Å²) in [5.41, 5.74) is -0.370. The van der Waals surface area contributed by atoms with Crippen LogP contribution in [0.4, 0.5) is 11.4 Å². The molecule has 9 nitrogen and oxygen atoms in total. The third-order valence-corrected chi connectivity index (χ3v) is 4.69. The van der Waals surface area contributed by atoms with E-state index < -0.39 is 26.4 Å². The molecule has 0 unspecified atom stereocenters. The number of non-ortho nitro benzene ring substituents is 1. The number of nitro benzene ring substituents is 1. The second-order valence-electron chi connectivity index (χ2n) is 5.72. The van der Waals surface area contributed by atoms with E-state index in [1.165, 1.54) is 0 Å². The first-order valence-electron chi connectivity index (χ1n) is 8.36. The normalized spacial score (nSPS) is 11.0. The van der Waals surface area contributed by atoms with Crippen LogP contribution in [0.25, 0.3) is 0 Å². The minimum absolute atomic E-state index is 0.168. The molecule has 0 aromatic heterocycles. The number of rotatable bonds is 8. The highest BCUT2D eigenvalue weighted by Gasteiger charge is 2.20. The molecule has 2 aromatic rings. The SMILES string of the molecule is CCOc1ccc(OCC)c(NC(=O)c2cc([N+](=O)[O-])cc(S(C)(=O)=O)c2)c1. The van der Waals surface area contributed by atoms with Crippen LogP contribution < -0.4 is 14.8 Å². The fraction of sp³-hybridized carbons (Fsp3) is 0.278. The number of nitrogens with zero attached hydrogens (tertiary/aromatic N) is 1. The van der Waals surface area contributed by atoms with Gasteiger partial charge in [0.2, 0.25) is 0 Å². The van der Waals surface area contributed by atoms with Crippen LogP contribution in [-0.2, 0) is 9.84 Å². The molecule has 0 aliphatic carbocycles. The van der Waals surface area contributed by atoms with Crippen molar-refractivity contribution in [2.24, 2.45) is 0 Å². The minimum atomic E-state index is -3.75. The number of nitro groups is 1. The highest BCUT2D eigenvalue weighted by molar-refractivity contribution is 7.90. The van der Waals surface area contributed by atoms with Crippen LogP contribution in [-0.4, -0.2) is 38.7 Å². The fourth-order valence-corrected chi connectivity index (χ4v) is 3.05. The van der Waals surface area contributed by atoms with E-state index >= 15 is 0 Å². The average Bonchev–Trinajstić information content (AvgIpc) is 2.63. The van der Waals surface area contributed by atoms with Crippen molar-refractivity contribution in [1.29, 1.82) is 0 Å². The van der Waals surface area contributed by atoms with Gasteiger partial charge in [-0.3, -0.25) is 14.9 Å². The Balaban J connectivity index is 2.45. The standard InChI is InChI=1S/C18H20N2O7S/c1-4-26-14-6-7-17(27-5-2)16(11-14)19-18(21)12-8-13(20(22)23)10-15(9-12)28(3,24)25/h6-11H,4-5H2,1-3H3,(H,19,21). The van der Waals surface area contributed by atoms with Gasteiger partial charge >= 0.3 is 0 Å². The summed E-state index contributed by atoms with van der Waals surface area (Å²) in [5, 5.41) is 13.7. The number of sulfone groups is 1. The Morgan fingerprint density at radius 3 is 2.36 bits per heavy atom. The fourth-order valence-electron chi connectivity index (χ4n) is 2.37. The van der Waals surface area contributed by atoms with Gasteiger partial charge in [0.1, 0.15) is 11.5 Å². The van der Waals surface area contributed by atoms with E-state index in [9.17, 15) is 23.3 Å². The molecule has 10 heteroatoms. The van der Waals surface area contributed by atoms with Crippen molar-refractivity contribution in [2.45, 2.75) is 18.7 Å². The summed E-state index contributed by atoms with van der Waals surface area (Å²) in [7, 11) is -3.75. The second-order valence-corrected chi connectivity index (χ2v) is 7.74. The molecule has 0 heterocycles. The van der Waals surface area contributed by atoms with Crippen molar-refractivity contribution in [3.8, 4) is 11.5 Å². The number of carbonyl (C=O) groups is 1. The Bertz CT molecular complexity index is 1000. The highest BCUT2D eigenvalue weighted by Crippen LogP contribution is 2.30. The first-order valence-corrected chi connectivity index (χ1v) is 10.2. The van der Waals surface area contributed by atoms with Crippen LogP contribution >= 0.6 is 0 Å². The number of ether oxygens (including phenoxy) is 2. The smallest absolute Gasteiger partial charge is 0.271 e. The van der Waals surface area contributed by atoms with Gasteiger partial charge in [0.25, 0.3) is 11.6 Å². The van der Waals surface area contributed by atoms with Gasteiger partial charge in [0.05, 0.1) is 28.7 Å². The summed E-state index contributed by atoms with van der Waals surface area (Å²) in [4.78, 5) is 22.7. The number of hydrogen-bond acceptors (Lipinski definition) is 7. The van der Waals surface area contributed by atoms with Crippen LogP contribution in [0.1, 0.15) is 24.2 Å². The summed E-state index contributed by atoms with van der Waals surface area (Å²) in [6, 6.07) is 7.87. The molecular formula is C18H20N2O7S. The number of carbonyl (C=O) groups excluding carboxylic acids is 1. The molecule has 1 amide bonds. The zero-order chi connectivity index (χ0) is 20.9. The highest BCUT2D eigenvalue weighted by atomic mass is 32.2. The van der Waals surface area contributed by atoms with E-state index in [1.807, 2.05) is 6.92 Å². The van der Waals surface area contributed by atoms with Gasteiger partial charge in [-0.25, -0.2) is 8.42 Å². The first-order chi connectivity index (χ1) is 13.2. The van der Waals surface area contributed by atoms with Gasteiger partial charge in [0, 0.05) is 30.0 Å². The molecule has 0 saturated heterocycles. The predicted octanol–water partition coefficient (Wildman–Crippen LogP) is 3.05. The van der Waals surface area contributed by atoms with Gasteiger partial charge in [0.15, 0.2) is 9.84 Å². The first kappa shape index (κ1) is 21.2. The van der Waals surface area contributed by atoms with Gasteiger partial charge in [-0.05, 0) is 32.0 Å². The van der Waals surface area contributed by atoms with Crippen molar-refractivity contribution < 1.29 is 27.6 Å². The maximum atomic E-state index is 12.7. The minimum Gasteiger partial charge on any atom is -0.494 e. The van der Waals surface area contributed by atoms with Crippen LogP contribution in [0.3, 0.4) is 0 Å². The van der Waals surface area contributed by atoms with Crippen molar-refractivity contribution in [3.05, 3.63) is 52.1 Å². The van der Waals surface area contributed by atoms with Crippen molar-refractivity contribution in [3.63, 3.8) is 0 Å². The monoisotopic (exact) mass is 408 g/mol. The van der Waals surface area contributed by atoms with Crippen LogP contribution in [0.5, 0.6) is 11.5 Å². The molecule has 1 N–H and O–H groups in total. The number of amides is 1. The van der Waals surface area contributed by atoms with Crippen LogP contribution in [0, 0.1) is 10.1 Å². The van der Waals surface area contributed by atoms with E-state index in [-0.39, 0.29) is 10.5 Å². The largest absolute Gasteiger partial charge is 0.494 e. The van der Waals surface area contributed by atoms with Crippen molar-refractivity contribution in [1.82, 2.24) is 0 Å². The molecule has 0 bridgehead atoms. The molecule has 0 saturated carbocycles. The zero-order valence-corrected chi connectivity index (χ0v) is 16.4. The van der Waals surface area contributed by atoms with E-state index in [2.05, 4.69) is 5.32 Å². The third-order valence-electron chi connectivity index (χ3n) is 3.60. The number of benzene rings is 2. The average molecular weight is 408 g/mol. The Kier molecular flexibility index (Phi) is 6.57. The molecule has 0 aliphatic heterocycles. The van der Waals surface area contributed by atoms with Gasteiger partial charge < -0.3 is 14.8 Å². The Hall–Kier alpha value is -3.14. The molecule has 150 valence electrons. The lowest BCUT2D eigenvalue weighted by Crippen LogP contribution is -2.14. The topological polar surface area (TPSA) is 125 Å². The summed E-state index contributed by atoms with van der Waals surface area (Å²) in [5.74, 6) is 0.161. The lowest BCUT2D eigenvalue weighted by atomic mass is 10.1. The van der Waals surface area contributed by atoms with Crippen molar-refractivity contribution in [2.75, 3.05) is 24.8 Å². The summed E-state index contributed by atoms with van der Waals surface area (Å²) in [6.07, 6.45) is 0.909. The molecule has 0 fully saturated rings. The maximum absolute atomic E-state index is 12.7. The number of nitrogens with one attached hydrogen (secondary N) is 1. The summed E-state index contributed by atoms with van der Waals surface area (Å²) in [6.45, 7) is 4.36. The lowest BCUT2D eigenvalue weighted by molar-refractivity contribution is -0.385. The van der Waals surface area contributed by atoms with Crippen LogP contribution in [0.2, 0.25) is 0 Å². The summed E-state index contributed by atoms with van der Waals surface area (Å²) < 4.78 is 34.5. The summed E-state index contributed by atoms with van der Waals surface area (Å²) >= 11 is 0. The number of hydrogen-bond donors (Lipinski definition) is 1. The predicted molar refractivity (Wildman–Crippen MR) is 103 cm³/mol. The van der Waals surface area contributed by atoms with E-state index in [4.69, 9.17) is 9.47 Å². The van der Waals surface area contributed by atoms with Gasteiger partial charge in [-0.1, -0.05) is 0 Å². The van der Waals surface area contributed by atoms with E-state index in [0.29, 0.717) is 30.4 Å². The maximum Gasteiger partial charge on any atom is 0.271 e. The molecule has 0 spiro atoms. The molecule has 0 radical (unpaired) electrons. The zero-order valence-electron chi connectivity index (χ0n) is 15.6. The molecular weight excluding hydrogens is 388 g/mol.